The van der Waals surface area contributed by atoms with Crippen molar-refractivity contribution in [1.82, 2.24) is 14.5 Å². The van der Waals surface area contributed by atoms with Gasteiger partial charge in [-0.05, 0) is 46.5 Å². The molecule has 2 aromatic carbocycles. The molecule has 4 rings (SSSR count). The largest absolute Gasteiger partial charge is 0.375 e. The third-order valence-corrected chi connectivity index (χ3v) is 6.07. The molecular weight excluding hydrogens is 436 g/mol. The molecule has 0 aliphatic heterocycles. The number of benzene rings is 2. The predicted octanol–water partition coefficient (Wildman–Crippen LogP) is 4.20. The van der Waals surface area contributed by atoms with Gasteiger partial charge in [0.25, 0.3) is 5.91 Å². The number of rotatable bonds is 9. The number of aryl methyl sites for hydroxylation is 2. The molecule has 0 spiro atoms. The summed E-state index contributed by atoms with van der Waals surface area (Å²) in [6, 6.07) is 15.7. The van der Waals surface area contributed by atoms with Gasteiger partial charge in [-0.15, -0.1) is 0 Å². The van der Waals surface area contributed by atoms with Crippen molar-refractivity contribution >= 4 is 39.9 Å². The first-order valence-electron chi connectivity index (χ1n) is 10.6. The Balaban J connectivity index is 1.68. The van der Waals surface area contributed by atoms with E-state index in [0.29, 0.717) is 29.9 Å². The van der Waals surface area contributed by atoms with Gasteiger partial charge in [0.05, 0.1) is 22.9 Å². The SMILES string of the molecule is COCC(=O)Nc1cc(C(=O)N(C)Cc2ccsc2)c2c(c1)ncn2CCc1ccccc1. The molecule has 2 aromatic heterocycles. The molecule has 0 aliphatic carbocycles. The normalized spacial score (nSPS) is 11.0. The molecule has 170 valence electrons. The average molecular weight is 463 g/mol. The first-order valence-corrected chi connectivity index (χ1v) is 11.6. The van der Waals surface area contributed by atoms with Crippen molar-refractivity contribution < 1.29 is 14.3 Å². The second-order valence-corrected chi connectivity index (χ2v) is 8.62. The summed E-state index contributed by atoms with van der Waals surface area (Å²) in [5.74, 6) is -0.416. The van der Waals surface area contributed by atoms with Crippen molar-refractivity contribution in [1.29, 1.82) is 0 Å². The van der Waals surface area contributed by atoms with Crippen LogP contribution in [0.4, 0.5) is 5.69 Å². The van der Waals surface area contributed by atoms with Gasteiger partial charge in [0.1, 0.15) is 6.61 Å². The standard InChI is InChI=1S/C25H26N4O3S/c1-28(14-19-9-11-33-16-19)25(31)21-12-20(27-23(30)15-32-2)13-22-24(21)29(17-26-22)10-8-18-6-4-3-5-7-18/h3-7,9,11-13,16-17H,8,10,14-15H2,1-2H3,(H,27,30). The van der Waals surface area contributed by atoms with Crippen LogP contribution in [0.3, 0.4) is 0 Å². The summed E-state index contributed by atoms with van der Waals surface area (Å²) >= 11 is 1.60. The number of carbonyl (C=O) groups is 2. The van der Waals surface area contributed by atoms with Gasteiger partial charge in [-0.25, -0.2) is 4.98 Å². The maximum absolute atomic E-state index is 13.5. The van der Waals surface area contributed by atoms with Crippen LogP contribution in [0, 0.1) is 0 Å². The molecule has 0 bridgehead atoms. The van der Waals surface area contributed by atoms with Crippen molar-refractivity contribution in [3.05, 3.63) is 82.3 Å². The van der Waals surface area contributed by atoms with E-state index in [2.05, 4.69) is 22.4 Å². The lowest BCUT2D eigenvalue weighted by Crippen LogP contribution is -2.27. The van der Waals surface area contributed by atoms with Crippen LogP contribution in [0.2, 0.25) is 0 Å². The van der Waals surface area contributed by atoms with Crippen LogP contribution in [-0.4, -0.2) is 47.0 Å². The third kappa shape index (κ3) is 5.47. The highest BCUT2D eigenvalue weighted by atomic mass is 32.1. The second kappa shape index (κ2) is 10.4. The van der Waals surface area contributed by atoms with E-state index in [1.807, 2.05) is 39.6 Å². The lowest BCUT2D eigenvalue weighted by Gasteiger charge is -2.19. The van der Waals surface area contributed by atoms with Crippen LogP contribution in [-0.2, 0) is 29.0 Å². The quantitative estimate of drug-likeness (QED) is 0.405. The number of aromatic nitrogens is 2. The lowest BCUT2D eigenvalue weighted by molar-refractivity contribution is -0.119. The number of nitrogens with zero attached hydrogens (tertiary/aromatic N) is 3. The summed E-state index contributed by atoms with van der Waals surface area (Å²) in [5.41, 5.74) is 4.73. The van der Waals surface area contributed by atoms with Gasteiger partial charge in [0, 0.05) is 32.9 Å². The Morgan fingerprint density at radius 2 is 1.97 bits per heavy atom. The molecule has 1 N–H and O–H groups in total. The van der Waals surface area contributed by atoms with E-state index in [0.717, 1.165) is 17.5 Å². The molecule has 7 nitrogen and oxygen atoms in total. The molecule has 0 saturated carbocycles. The molecule has 0 fully saturated rings. The summed E-state index contributed by atoms with van der Waals surface area (Å²) in [7, 11) is 3.25. The molecule has 0 radical (unpaired) electrons. The van der Waals surface area contributed by atoms with Crippen molar-refractivity contribution in [3.63, 3.8) is 0 Å². The molecule has 4 aromatic rings. The summed E-state index contributed by atoms with van der Waals surface area (Å²) in [6.07, 6.45) is 2.57. The minimum atomic E-state index is -0.287. The van der Waals surface area contributed by atoms with Gasteiger partial charge >= 0.3 is 0 Å². The molecule has 8 heteroatoms. The molecule has 33 heavy (non-hydrogen) atoms. The molecule has 0 atom stereocenters. The highest BCUT2D eigenvalue weighted by Gasteiger charge is 2.20. The van der Waals surface area contributed by atoms with Crippen molar-refractivity contribution in [2.75, 3.05) is 26.1 Å². The molecule has 2 amide bonds. The number of hydrogen-bond donors (Lipinski definition) is 1. The van der Waals surface area contributed by atoms with E-state index < -0.39 is 0 Å². The van der Waals surface area contributed by atoms with E-state index >= 15 is 0 Å². The van der Waals surface area contributed by atoms with E-state index in [-0.39, 0.29) is 18.4 Å². The van der Waals surface area contributed by atoms with E-state index in [1.165, 1.54) is 12.7 Å². The van der Waals surface area contributed by atoms with E-state index in [4.69, 9.17) is 4.74 Å². The van der Waals surface area contributed by atoms with Gasteiger partial charge in [0.2, 0.25) is 5.91 Å². The number of nitrogens with one attached hydrogen (secondary N) is 1. The summed E-state index contributed by atoms with van der Waals surface area (Å²) in [4.78, 5) is 31.8. The Kier molecular flexibility index (Phi) is 7.16. The maximum Gasteiger partial charge on any atom is 0.256 e. The maximum atomic E-state index is 13.5. The molecule has 0 aliphatic rings. The Labute approximate surface area is 196 Å². The molecular formula is C25H26N4O3S. The fraction of sp³-hybridized carbons (Fsp3) is 0.240. The number of hydrogen-bond acceptors (Lipinski definition) is 5. The first-order chi connectivity index (χ1) is 16.0. The summed E-state index contributed by atoms with van der Waals surface area (Å²) < 4.78 is 6.92. The van der Waals surface area contributed by atoms with Crippen LogP contribution in [0.1, 0.15) is 21.5 Å². The minimum absolute atomic E-state index is 0.0646. The Hall–Kier alpha value is -3.49. The van der Waals surface area contributed by atoms with Crippen LogP contribution in [0.25, 0.3) is 11.0 Å². The van der Waals surface area contributed by atoms with Crippen LogP contribution < -0.4 is 5.32 Å². The van der Waals surface area contributed by atoms with E-state index in [1.54, 1.807) is 41.7 Å². The Morgan fingerprint density at radius 3 is 2.70 bits per heavy atom. The zero-order valence-electron chi connectivity index (χ0n) is 18.7. The third-order valence-electron chi connectivity index (χ3n) is 5.33. The number of fused-ring (bicyclic) bond motifs is 1. The topological polar surface area (TPSA) is 76.5 Å². The molecule has 2 heterocycles. The molecule has 0 unspecified atom stereocenters. The van der Waals surface area contributed by atoms with Crippen LogP contribution in [0.15, 0.2) is 65.6 Å². The van der Waals surface area contributed by atoms with Crippen molar-refractivity contribution in [2.45, 2.75) is 19.5 Å². The highest BCUT2D eigenvalue weighted by molar-refractivity contribution is 7.07. The molecule has 0 saturated heterocycles. The van der Waals surface area contributed by atoms with Gasteiger partial charge < -0.3 is 19.5 Å². The number of anilines is 1. The van der Waals surface area contributed by atoms with Crippen LogP contribution >= 0.6 is 11.3 Å². The van der Waals surface area contributed by atoms with Crippen molar-refractivity contribution in [3.8, 4) is 0 Å². The fourth-order valence-corrected chi connectivity index (χ4v) is 4.43. The number of thiophene rings is 1. The average Bonchev–Trinajstić information content (AvgIpc) is 3.47. The summed E-state index contributed by atoms with van der Waals surface area (Å²) in [5, 5.41) is 6.83. The zero-order chi connectivity index (χ0) is 23.2. The Bertz CT molecular complexity index is 1240. The number of methoxy groups -OCH3 is 1. The second-order valence-electron chi connectivity index (χ2n) is 7.84. The van der Waals surface area contributed by atoms with Crippen LogP contribution in [0.5, 0.6) is 0 Å². The highest BCUT2D eigenvalue weighted by Crippen LogP contribution is 2.26. The number of carbonyl (C=O) groups excluding carboxylic acids is 2. The Morgan fingerprint density at radius 1 is 1.15 bits per heavy atom. The number of ether oxygens (including phenoxy) is 1. The van der Waals surface area contributed by atoms with E-state index in [9.17, 15) is 9.59 Å². The van der Waals surface area contributed by atoms with Gasteiger partial charge in [-0.3, -0.25) is 9.59 Å². The summed E-state index contributed by atoms with van der Waals surface area (Å²) in [6.45, 7) is 1.12. The zero-order valence-corrected chi connectivity index (χ0v) is 19.5. The number of imidazole rings is 1. The smallest absolute Gasteiger partial charge is 0.256 e. The number of amides is 2. The van der Waals surface area contributed by atoms with Gasteiger partial charge in [-0.2, -0.15) is 11.3 Å². The monoisotopic (exact) mass is 462 g/mol. The van der Waals surface area contributed by atoms with Gasteiger partial charge in [0.15, 0.2) is 0 Å². The fourth-order valence-electron chi connectivity index (χ4n) is 3.77. The first kappa shape index (κ1) is 22.7. The van der Waals surface area contributed by atoms with Gasteiger partial charge in [-0.1, -0.05) is 30.3 Å². The lowest BCUT2D eigenvalue weighted by atomic mass is 10.1. The van der Waals surface area contributed by atoms with Crippen molar-refractivity contribution in [2.24, 2.45) is 0 Å². The minimum Gasteiger partial charge on any atom is -0.375 e. The predicted molar refractivity (Wildman–Crippen MR) is 131 cm³/mol.